The van der Waals surface area contributed by atoms with Gasteiger partial charge in [0.15, 0.2) is 0 Å². The van der Waals surface area contributed by atoms with Crippen LogP contribution < -0.4 is 10.2 Å². The Morgan fingerprint density at radius 2 is 2.04 bits per heavy atom. The highest BCUT2D eigenvalue weighted by molar-refractivity contribution is 6.32. The van der Waals surface area contributed by atoms with Gasteiger partial charge in [0.05, 0.1) is 5.02 Å². The summed E-state index contributed by atoms with van der Waals surface area (Å²) in [5, 5.41) is 3.37. The number of aryl methyl sites for hydroxylation is 1. The second-order valence-corrected chi connectivity index (χ2v) is 6.30. The van der Waals surface area contributed by atoms with Gasteiger partial charge in [-0.1, -0.05) is 38.4 Å². The van der Waals surface area contributed by atoms with Gasteiger partial charge in [-0.15, -0.1) is 0 Å². The van der Waals surface area contributed by atoms with E-state index in [4.69, 9.17) is 16.0 Å². The summed E-state index contributed by atoms with van der Waals surface area (Å²) in [6.07, 6.45) is 6.19. The Labute approximate surface area is 171 Å². The summed E-state index contributed by atoms with van der Waals surface area (Å²) in [6.45, 7) is 10.4. The number of allylic oxidation sites excluding steroid dienone is 1. The van der Waals surface area contributed by atoms with E-state index in [9.17, 15) is 4.79 Å². The predicted octanol–water partition coefficient (Wildman–Crippen LogP) is 4.70. The fourth-order valence-electron chi connectivity index (χ4n) is 2.86. The lowest BCUT2D eigenvalue weighted by Gasteiger charge is -2.35. The standard InChI is InChI=1S/C18H22ClN5O2.C2H6/c1-3-6-14-15(4-2)26-17(21-14)22-18(25)24-11-9-23(10-12-24)16-13(19)7-5-8-20-16;1-2/h3,5-8H,4,9-12H2,1-2H3,(H,21,22,25);1-2H3/b6-3-;. The lowest BCUT2D eigenvalue weighted by molar-refractivity contribution is 0.207. The zero-order valence-corrected chi connectivity index (χ0v) is 17.7. The van der Waals surface area contributed by atoms with Crippen LogP contribution in [0, 0.1) is 0 Å². The first-order valence-electron chi connectivity index (χ1n) is 9.66. The molecule has 3 heterocycles. The highest BCUT2D eigenvalue weighted by Gasteiger charge is 2.24. The van der Waals surface area contributed by atoms with Crippen molar-refractivity contribution in [2.45, 2.75) is 34.1 Å². The third-order valence-corrected chi connectivity index (χ3v) is 4.49. The van der Waals surface area contributed by atoms with E-state index in [1.165, 1.54) is 0 Å². The molecule has 0 unspecified atom stereocenters. The zero-order valence-electron chi connectivity index (χ0n) is 16.9. The molecule has 0 bridgehead atoms. The number of carbonyl (C=O) groups excluding carboxylic acids is 1. The van der Waals surface area contributed by atoms with E-state index < -0.39 is 0 Å². The molecule has 0 aromatic carbocycles. The van der Waals surface area contributed by atoms with Crippen LogP contribution in [0.2, 0.25) is 5.02 Å². The molecule has 0 spiro atoms. The maximum atomic E-state index is 12.5. The van der Waals surface area contributed by atoms with Crippen LogP contribution in [0.5, 0.6) is 0 Å². The van der Waals surface area contributed by atoms with E-state index in [0.29, 0.717) is 37.6 Å². The van der Waals surface area contributed by atoms with Gasteiger partial charge in [-0.05, 0) is 25.1 Å². The maximum Gasteiger partial charge on any atom is 0.325 e. The van der Waals surface area contributed by atoms with Crippen molar-refractivity contribution in [1.82, 2.24) is 14.9 Å². The number of hydrogen-bond donors (Lipinski definition) is 1. The molecule has 0 radical (unpaired) electrons. The predicted molar refractivity (Wildman–Crippen MR) is 114 cm³/mol. The van der Waals surface area contributed by atoms with Crippen LogP contribution in [0.25, 0.3) is 6.08 Å². The van der Waals surface area contributed by atoms with Gasteiger partial charge in [0.2, 0.25) is 0 Å². The summed E-state index contributed by atoms with van der Waals surface area (Å²) in [5.41, 5.74) is 0.750. The lowest BCUT2D eigenvalue weighted by Crippen LogP contribution is -2.50. The molecule has 0 aliphatic carbocycles. The van der Waals surface area contributed by atoms with Gasteiger partial charge in [0.25, 0.3) is 0 Å². The fourth-order valence-corrected chi connectivity index (χ4v) is 3.10. The molecule has 1 aliphatic heterocycles. The zero-order chi connectivity index (χ0) is 20.5. The van der Waals surface area contributed by atoms with E-state index in [0.717, 1.165) is 17.3 Å². The molecule has 28 heavy (non-hydrogen) atoms. The number of aromatic nitrogens is 2. The van der Waals surface area contributed by atoms with E-state index in [-0.39, 0.29) is 12.0 Å². The van der Waals surface area contributed by atoms with Crippen LogP contribution in [-0.2, 0) is 6.42 Å². The number of carbonyl (C=O) groups is 1. The largest absolute Gasteiger partial charge is 0.428 e. The van der Waals surface area contributed by atoms with Crippen LogP contribution >= 0.6 is 11.6 Å². The average molecular weight is 406 g/mol. The van der Waals surface area contributed by atoms with Crippen molar-refractivity contribution in [1.29, 1.82) is 0 Å². The summed E-state index contributed by atoms with van der Waals surface area (Å²) in [4.78, 5) is 24.9. The molecular weight excluding hydrogens is 378 g/mol. The summed E-state index contributed by atoms with van der Waals surface area (Å²) < 4.78 is 5.63. The van der Waals surface area contributed by atoms with Crippen molar-refractivity contribution in [3.8, 4) is 0 Å². The summed E-state index contributed by atoms with van der Waals surface area (Å²) in [5.74, 6) is 1.51. The molecular formula is C20H28ClN5O2. The Kier molecular flexibility index (Phi) is 8.32. The molecule has 2 aromatic rings. The Morgan fingerprint density at radius 3 is 2.64 bits per heavy atom. The second-order valence-electron chi connectivity index (χ2n) is 5.89. The van der Waals surface area contributed by atoms with Crippen LogP contribution in [0.3, 0.4) is 0 Å². The molecule has 8 heteroatoms. The SMILES string of the molecule is C/C=C\c1nc(NC(=O)N2CCN(c3ncccc3Cl)CC2)oc1CC.CC. The van der Waals surface area contributed by atoms with Gasteiger partial charge in [0, 0.05) is 38.8 Å². The normalized spacial score (nSPS) is 14.0. The molecule has 1 fully saturated rings. The van der Waals surface area contributed by atoms with Crippen LogP contribution in [0.1, 0.15) is 39.1 Å². The van der Waals surface area contributed by atoms with E-state index >= 15 is 0 Å². The Bertz CT molecular complexity index is 798. The number of rotatable bonds is 4. The summed E-state index contributed by atoms with van der Waals surface area (Å²) >= 11 is 6.20. The number of hydrogen-bond acceptors (Lipinski definition) is 5. The minimum Gasteiger partial charge on any atom is -0.428 e. The molecule has 1 saturated heterocycles. The second kappa shape index (κ2) is 10.7. The number of piperazine rings is 1. The van der Waals surface area contributed by atoms with Gasteiger partial charge in [0.1, 0.15) is 17.3 Å². The van der Waals surface area contributed by atoms with Crippen LogP contribution in [0.15, 0.2) is 28.8 Å². The van der Waals surface area contributed by atoms with Gasteiger partial charge in [-0.2, -0.15) is 4.98 Å². The van der Waals surface area contributed by atoms with Crippen molar-refractivity contribution in [3.63, 3.8) is 0 Å². The Balaban J connectivity index is 0.00000136. The number of amides is 2. The van der Waals surface area contributed by atoms with Crippen molar-refractivity contribution >= 4 is 35.5 Å². The van der Waals surface area contributed by atoms with Crippen molar-refractivity contribution in [2.24, 2.45) is 0 Å². The van der Waals surface area contributed by atoms with Crippen molar-refractivity contribution in [2.75, 3.05) is 36.4 Å². The Hall–Kier alpha value is -2.54. The van der Waals surface area contributed by atoms with Crippen molar-refractivity contribution < 1.29 is 9.21 Å². The van der Waals surface area contributed by atoms with E-state index in [1.807, 2.05) is 45.9 Å². The highest BCUT2D eigenvalue weighted by atomic mass is 35.5. The molecule has 0 saturated carbocycles. The van der Waals surface area contributed by atoms with Gasteiger partial charge >= 0.3 is 12.0 Å². The van der Waals surface area contributed by atoms with Crippen LogP contribution in [-0.4, -0.2) is 47.1 Å². The fraction of sp³-hybridized carbons (Fsp3) is 0.450. The van der Waals surface area contributed by atoms with Crippen LogP contribution in [0.4, 0.5) is 16.6 Å². The van der Waals surface area contributed by atoms with Gasteiger partial charge < -0.3 is 14.2 Å². The van der Waals surface area contributed by atoms with Gasteiger partial charge in [-0.3, -0.25) is 5.32 Å². The quantitative estimate of drug-likeness (QED) is 0.797. The first-order chi connectivity index (χ1) is 13.6. The molecule has 3 rings (SSSR count). The summed E-state index contributed by atoms with van der Waals surface area (Å²) in [6, 6.07) is 3.64. The Morgan fingerprint density at radius 1 is 1.32 bits per heavy atom. The third-order valence-electron chi connectivity index (χ3n) is 4.19. The smallest absolute Gasteiger partial charge is 0.325 e. The minimum atomic E-state index is -0.215. The number of anilines is 2. The maximum absolute atomic E-state index is 12.5. The molecule has 1 aliphatic rings. The molecule has 1 N–H and O–H groups in total. The first kappa shape index (κ1) is 21.8. The van der Waals surface area contributed by atoms with E-state index in [1.54, 1.807) is 17.2 Å². The monoisotopic (exact) mass is 405 g/mol. The van der Waals surface area contributed by atoms with Gasteiger partial charge in [-0.25, -0.2) is 9.78 Å². The average Bonchev–Trinajstić information content (AvgIpc) is 3.11. The molecule has 7 nitrogen and oxygen atoms in total. The number of nitrogens with zero attached hydrogens (tertiary/aromatic N) is 4. The number of oxazole rings is 1. The first-order valence-corrected chi connectivity index (χ1v) is 10.0. The van der Waals surface area contributed by atoms with E-state index in [2.05, 4.69) is 20.2 Å². The molecule has 152 valence electrons. The number of nitrogens with one attached hydrogen (secondary N) is 1. The van der Waals surface area contributed by atoms with Crippen molar-refractivity contribution in [3.05, 3.63) is 40.9 Å². The highest BCUT2D eigenvalue weighted by Crippen LogP contribution is 2.23. The number of halogens is 1. The number of pyridine rings is 1. The molecule has 0 atom stereocenters. The topological polar surface area (TPSA) is 74.5 Å². The number of urea groups is 1. The molecule has 2 aromatic heterocycles. The third kappa shape index (κ3) is 5.25. The minimum absolute atomic E-state index is 0.215. The summed E-state index contributed by atoms with van der Waals surface area (Å²) in [7, 11) is 0. The molecule has 2 amide bonds. The lowest BCUT2D eigenvalue weighted by atomic mass is 10.3.